The fraction of sp³-hybridized carbons (Fsp3) is 0.200. The van der Waals surface area contributed by atoms with Gasteiger partial charge in [0, 0.05) is 16.9 Å². The zero-order valence-electron chi connectivity index (χ0n) is 15.6. The van der Waals surface area contributed by atoms with E-state index in [0.29, 0.717) is 22.1 Å². The lowest BCUT2D eigenvalue weighted by Crippen LogP contribution is -2.13. The minimum atomic E-state index is -4.63. The number of ether oxygens (including phenoxy) is 1. The Morgan fingerprint density at radius 3 is 2.34 bits per heavy atom. The molecule has 0 unspecified atom stereocenters. The van der Waals surface area contributed by atoms with Gasteiger partial charge in [0.1, 0.15) is 17.1 Å². The molecule has 0 saturated carbocycles. The maximum absolute atomic E-state index is 13.5. The van der Waals surface area contributed by atoms with E-state index in [-0.39, 0.29) is 17.9 Å². The maximum Gasteiger partial charge on any atom is 0.421 e. The van der Waals surface area contributed by atoms with Crippen molar-refractivity contribution in [1.82, 2.24) is 9.97 Å². The Morgan fingerprint density at radius 1 is 1.00 bits per heavy atom. The van der Waals surface area contributed by atoms with Crippen LogP contribution in [0.5, 0.6) is 5.75 Å². The van der Waals surface area contributed by atoms with Crippen molar-refractivity contribution in [2.24, 2.45) is 0 Å². The molecular weight excluding hydrogens is 405 g/mol. The largest absolute Gasteiger partial charge is 0.489 e. The number of halogens is 4. The molecule has 152 valence electrons. The van der Waals surface area contributed by atoms with Gasteiger partial charge in [0.2, 0.25) is 5.95 Å². The van der Waals surface area contributed by atoms with Crippen molar-refractivity contribution in [1.29, 1.82) is 0 Å². The van der Waals surface area contributed by atoms with Gasteiger partial charge in [-0.1, -0.05) is 23.7 Å². The molecule has 0 radical (unpaired) electrons. The van der Waals surface area contributed by atoms with E-state index in [0.717, 1.165) is 6.20 Å². The molecule has 0 aliphatic rings. The zero-order valence-corrected chi connectivity index (χ0v) is 16.3. The highest BCUT2D eigenvalue weighted by Gasteiger charge is 2.35. The predicted molar refractivity (Wildman–Crippen MR) is 107 cm³/mol. The van der Waals surface area contributed by atoms with Crippen LogP contribution in [0.1, 0.15) is 19.4 Å². The Labute approximate surface area is 170 Å². The number of rotatable bonds is 6. The van der Waals surface area contributed by atoms with E-state index in [1.165, 1.54) is 0 Å². The van der Waals surface area contributed by atoms with Crippen LogP contribution in [0.25, 0.3) is 0 Å². The average Bonchev–Trinajstić information content (AvgIpc) is 2.64. The minimum absolute atomic E-state index is 0.00471. The summed E-state index contributed by atoms with van der Waals surface area (Å²) in [6.45, 7) is 3.66. The molecule has 5 nitrogen and oxygen atoms in total. The van der Waals surface area contributed by atoms with Crippen LogP contribution in [0.4, 0.5) is 36.3 Å². The molecule has 0 amide bonds. The molecule has 9 heteroatoms. The van der Waals surface area contributed by atoms with Gasteiger partial charge in [-0.05, 0) is 50.2 Å². The van der Waals surface area contributed by atoms with Crippen LogP contribution in [0, 0.1) is 0 Å². The normalized spacial score (nSPS) is 11.4. The molecule has 1 heterocycles. The first-order chi connectivity index (χ1) is 13.7. The van der Waals surface area contributed by atoms with Crippen LogP contribution in [-0.2, 0) is 6.18 Å². The zero-order chi connectivity index (χ0) is 21.0. The molecule has 0 bridgehead atoms. The number of anilines is 4. The summed E-state index contributed by atoms with van der Waals surface area (Å²) in [4.78, 5) is 7.82. The number of nitrogens with zero attached hydrogens (tertiary/aromatic N) is 2. The molecular formula is C20H18ClF3N4O. The summed E-state index contributed by atoms with van der Waals surface area (Å²) in [6.07, 6.45) is -4.04. The van der Waals surface area contributed by atoms with Gasteiger partial charge < -0.3 is 15.4 Å². The van der Waals surface area contributed by atoms with E-state index in [4.69, 9.17) is 16.3 Å². The number of nitrogens with one attached hydrogen (secondary N) is 2. The van der Waals surface area contributed by atoms with Crippen molar-refractivity contribution >= 4 is 34.7 Å². The molecule has 0 aliphatic carbocycles. The Hall–Kier alpha value is -3.00. The summed E-state index contributed by atoms with van der Waals surface area (Å²) in [5.41, 5.74) is -0.0370. The van der Waals surface area contributed by atoms with E-state index in [2.05, 4.69) is 20.6 Å². The average molecular weight is 423 g/mol. The lowest BCUT2D eigenvalue weighted by atomic mass is 10.2. The molecule has 0 fully saturated rings. The molecule has 2 aromatic carbocycles. The highest BCUT2D eigenvalue weighted by molar-refractivity contribution is 6.30. The number of hydrogen-bond donors (Lipinski definition) is 2. The molecule has 2 N–H and O–H groups in total. The van der Waals surface area contributed by atoms with Crippen molar-refractivity contribution in [3.05, 3.63) is 65.3 Å². The van der Waals surface area contributed by atoms with Gasteiger partial charge in [0.25, 0.3) is 0 Å². The molecule has 1 aromatic heterocycles. The molecule has 3 rings (SSSR count). The monoisotopic (exact) mass is 422 g/mol. The second kappa shape index (κ2) is 8.57. The maximum atomic E-state index is 13.5. The lowest BCUT2D eigenvalue weighted by Gasteiger charge is -2.18. The van der Waals surface area contributed by atoms with E-state index >= 15 is 0 Å². The molecule has 0 atom stereocenters. The SMILES string of the molecule is CC(C)Oc1ccccc1Nc1nc(Nc2ccc(Cl)cc2)ncc1C(F)(F)F. The highest BCUT2D eigenvalue weighted by atomic mass is 35.5. The number of alkyl halides is 3. The van der Waals surface area contributed by atoms with E-state index in [1.807, 2.05) is 13.8 Å². The lowest BCUT2D eigenvalue weighted by molar-refractivity contribution is -0.137. The number of benzene rings is 2. The fourth-order valence-corrected chi connectivity index (χ4v) is 2.59. The quantitative estimate of drug-likeness (QED) is 0.479. The second-order valence-corrected chi connectivity index (χ2v) is 6.81. The minimum Gasteiger partial charge on any atom is -0.489 e. The summed E-state index contributed by atoms with van der Waals surface area (Å²) in [5, 5.41) is 6.13. The van der Waals surface area contributed by atoms with Gasteiger partial charge in [-0.25, -0.2) is 4.98 Å². The fourth-order valence-electron chi connectivity index (χ4n) is 2.46. The smallest absolute Gasteiger partial charge is 0.421 e. The number of hydrogen-bond acceptors (Lipinski definition) is 5. The van der Waals surface area contributed by atoms with Crippen LogP contribution in [0.2, 0.25) is 5.02 Å². The topological polar surface area (TPSA) is 59.1 Å². The van der Waals surface area contributed by atoms with Crippen molar-refractivity contribution in [3.63, 3.8) is 0 Å². The Kier molecular flexibility index (Phi) is 6.12. The van der Waals surface area contributed by atoms with Crippen molar-refractivity contribution in [3.8, 4) is 5.75 Å². The first kappa shape index (κ1) is 20.7. The highest BCUT2D eigenvalue weighted by Crippen LogP contribution is 2.37. The van der Waals surface area contributed by atoms with E-state index < -0.39 is 11.7 Å². The second-order valence-electron chi connectivity index (χ2n) is 6.37. The summed E-state index contributed by atoms with van der Waals surface area (Å²) in [7, 11) is 0. The molecule has 0 saturated heterocycles. The van der Waals surface area contributed by atoms with Crippen LogP contribution in [0.15, 0.2) is 54.7 Å². The van der Waals surface area contributed by atoms with Crippen molar-refractivity contribution in [2.45, 2.75) is 26.1 Å². The first-order valence-electron chi connectivity index (χ1n) is 8.72. The van der Waals surface area contributed by atoms with E-state index in [1.54, 1.807) is 48.5 Å². The summed E-state index contributed by atoms with van der Waals surface area (Å²) in [5.74, 6) is 0.0373. The molecule has 29 heavy (non-hydrogen) atoms. The Bertz CT molecular complexity index is 978. The Morgan fingerprint density at radius 2 is 1.69 bits per heavy atom. The number of aromatic nitrogens is 2. The van der Waals surface area contributed by atoms with Crippen LogP contribution in [-0.4, -0.2) is 16.1 Å². The van der Waals surface area contributed by atoms with E-state index in [9.17, 15) is 13.2 Å². The van der Waals surface area contributed by atoms with Crippen LogP contribution < -0.4 is 15.4 Å². The predicted octanol–water partition coefficient (Wildman–Crippen LogP) is 6.42. The van der Waals surface area contributed by atoms with Gasteiger partial charge in [-0.15, -0.1) is 0 Å². The van der Waals surface area contributed by atoms with Crippen molar-refractivity contribution < 1.29 is 17.9 Å². The van der Waals surface area contributed by atoms with Crippen molar-refractivity contribution in [2.75, 3.05) is 10.6 Å². The van der Waals surface area contributed by atoms with Gasteiger partial charge >= 0.3 is 6.18 Å². The summed E-state index contributed by atoms with van der Waals surface area (Å²) >= 11 is 5.85. The summed E-state index contributed by atoms with van der Waals surface area (Å²) < 4.78 is 46.1. The summed E-state index contributed by atoms with van der Waals surface area (Å²) in [6, 6.07) is 13.3. The van der Waals surface area contributed by atoms with Crippen LogP contribution >= 0.6 is 11.6 Å². The van der Waals surface area contributed by atoms with Gasteiger partial charge in [-0.2, -0.15) is 18.2 Å². The third-order valence-electron chi connectivity index (χ3n) is 3.70. The molecule has 3 aromatic rings. The standard InChI is InChI=1S/C20H18ClF3N4O/c1-12(2)29-17-6-4-3-5-16(17)27-18-15(20(22,23)24)11-25-19(28-18)26-14-9-7-13(21)8-10-14/h3-12H,1-2H3,(H2,25,26,27,28). The van der Waals surface area contributed by atoms with Gasteiger partial charge in [0.15, 0.2) is 0 Å². The molecule has 0 aliphatic heterocycles. The molecule has 0 spiro atoms. The first-order valence-corrected chi connectivity index (χ1v) is 9.09. The van der Waals surface area contributed by atoms with Gasteiger partial charge in [-0.3, -0.25) is 0 Å². The number of para-hydroxylation sites is 2. The van der Waals surface area contributed by atoms with Gasteiger partial charge in [0.05, 0.1) is 11.8 Å². The van der Waals surface area contributed by atoms with Crippen LogP contribution in [0.3, 0.4) is 0 Å². The Balaban J connectivity index is 1.96. The third-order valence-corrected chi connectivity index (χ3v) is 3.95. The third kappa shape index (κ3) is 5.51.